The van der Waals surface area contributed by atoms with E-state index in [1.165, 1.54) is 0 Å². The molecule has 0 spiro atoms. The highest BCUT2D eigenvalue weighted by Gasteiger charge is 2.10. The summed E-state index contributed by atoms with van der Waals surface area (Å²) < 4.78 is 10.1. The van der Waals surface area contributed by atoms with Crippen molar-refractivity contribution >= 4 is 17.3 Å². The van der Waals surface area contributed by atoms with Gasteiger partial charge in [0.05, 0.1) is 19.8 Å². The van der Waals surface area contributed by atoms with E-state index in [9.17, 15) is 0 Å². The van der Waals surface area contributed by atoms with Crippen LogP contribution in [0.5, 0.6) is 0 Å². The molecule has 0 aromatic rings. The molecule has 0 aromatic heterocycles. The van der Waals surface area contributed by atoms with E-state index in [0.717, 1.165) is 32.8 Å². The first kappa shape index (κ1) is 11.6. The maximum atomic E-state index is 5.21. The third-order valence-electron chi connectivity index (χ3n) is 1.86. The van der Waals surface area contributed by atoms with Gasteiger partial charge in [-0.25, -0.2) is 5.01 Å². The number of rotatable bonds is 4. The third kappa shape index (κ3) is 4.71. The summed E-state index contributed by atoms with van der Waals surface area (Å²) in [6.45, 7) is 4.64. The SMILES string of the molecule is COCCNC(=S)NN1CCOCC1. The first-order valence-corrected chi connectivity index (χ1v) is 5.10. The van der Waals surface area contributed by atoms with E-state index in [1.807, 2.05) is 5.01 Å². The number of hydrazine groups is 1. The van der Waals surface area contributed by atoms with Gasteiger partial charge in [0.25, 0.3) is 0 Å². The Morgan fingerprint density at radius 2 is 2.21 bits per heavy atom. The zero-order chi connectivity index (χ0) is 10.2. The quantitative estimate of drug-likeness (QED) is 0.484. The Bertz CT molecular complexity index is 174. The lowest BCUT2D eigenvalue weighted by atomic mass is 10.5. The molecule has 0 radical (unpaired) electrons. The molecular formula is C8H17N3O2S. The summed E-state index contributed by atoms with van der Waals surface area (Å²) >= 11 is 5.09. The van der Waals surface area contributed by atoms with Crippen LogP contribution in [0.15, 0.2) is 0 Å². The van der Waals surface area contributed by atoms with Crippen molar-refractivity contribution in [2.75, 3.05) is 46.6 Å². The predicted molar refractivity (Wildman–Crippen MR) is 58.0 cm³/mol. The average molecular weight is 219 g/mol. The fourth-order valence-corrected chi connectivity index (χ4v) is 1.36. The van der Waals surface area contributed by atoms with Crippen molar-refractivity contribution in [1.82, 2.24) is 15.8 Å². The number of nitrogens with one attached hydrogen (secondary N) is 2. The van der Waals surface area contributed by atoms with Crippen molar-refractivity contribution in [2.45, 2.75) is 0 Å². The summed E-state index contributed by atoms with van der Waals surface area (Å²) in [5, 5.41) is 5.73. The van der Waals surface area contributed by atoms with Crippen molar-refractivity contribution in [1.29, 1.82) is 0 Å². The van der Waals surface area contributed by atoms with Gasteiger partial charge in [0.1, 0.15) is 0 Å². The van der Waals surface area contributed by atoms with Gasteiger partial charge in [0.15, 0.2) is 5.11 Å². The molecule has 2 N–H and O–H groups in total. The van der Waals surface area contributed by atoms with Crippen LogP contribution >= 0.6 is 12.2 Å². The van der Waals surface area contributed by atoms with Crippen LogP contribution in [0, 0.1) is 0 Å². The van der Waals surface area contributed by atoms with Gasteiger partial charge in [-0.15, -0.1) is 0 Å². The first-order valence-electron chi connectivity index (χ1n) is 4.69. The van der Waals surface area contributed by atoms with Gasteiger partial charge >= 0.3 is 0 Å². The Balaban J connectivity index is 2.06. The van der Waals surface area contributed by atoms with E-state index in [2.05, 4.69) is 10.7 Å². The number of hydrogen-bond acceptors (Lipinski definition) is 4. The normalized spacial score (nSPS) is 17.8. The van der Waals surface area contributed by atoms with Gasteiger partial charge in [0, 0.05) is 26.7 Å². The third-order valence-corrected chi connectivity index (χ3v) is 2.10. The van der Waals surface area contributed by atoms with E-state index in [0.29, 0.717) is 11.7 Å². The van der Waals surface area contributed by atoms with Crippen LogP contribution < -0.4 is 10.7 Å². The minimum absolute atomic E-state index is 0.643. The monoisotopic (exact) mass is 219 g/mol. The highest BCUT2D eigenvalue weighted by Crippen LogP contribution is 1.91. The molecule has 0 aliphatic carbocycles. The van der Waals surface area contributed by atoms with E-state index < -0.39 is 0 Å². The lowest BCUT2D eigenvalue weighted by Gasteiger charge is -2.28. The standard InChI is InChI=1S/C8H17N3O2S/c1-12-5-2-9-8(14)10-11-3-6-13-7-4-11/h2-7H2,1H3,(H2,9,10,14). The maximum absolute atomic E-state index is 5.21. The number of ether oxygens (including phenoxy) is 2. The number of hydrogen-bond donors (Lipinski definition) is 2. The van der Waals surface area contributed by atoms with E-state index in [-0.39, 0.29) is 0 Å². The molecule has 0 amide bonds. The molecule has 1 fully saturated rings. The summed E-state index contributed by atoms with van der Waals surface area (Å²) in [6, 6.07) is 0. The van der Waals surface area contributed by atoms with Crippen LogP contribution in [0.4, 0.5) is 0 Å². The van der Waals surface area contributed by atoms with Gasteiger partial charge in [-0.2, -0.15) is 0 Å². The van der Waals surface area contributed by atoms with Crippen molar-refractivity contribution in [3.8, 4) is 0 Å². The Morgan fingerprint density at radius 3 is 2.86 bits per heavy atom. The molecule has 1 rings (SSSR count). The maximum Gasteiger partial charge on any atom is 0.181 e. The Labute approximate surface area is 89.7 Å². The molecule has 6 heteroatoms. The molecule has 0 bridgehead atoms. The zero-order valence-corrected chi connectivity index (χ0v) is 9.23. The molecule has 14 heavy (non-hydrogen) atoms. The van der Waals surface area contributed by atoms with Crippen molar-refractivity contribution in [3.05, 3.63) is 0 Å². The lowest BCUT2D eigenvalue weighted by molar-refractivity contribution is 0.0246. The molecule has 1 heterocycles. The van der Waals surface area contributed by atoms with Crippen LogP contribution in [0.3, 0.4) is 0 Å². The van der Waals surface area contributed by atoms with Crippen molar-refractivity contribution < 1.29 is 9.47 Å². The van der Waals surface area contributed by atoms with Crippen LogP contribution in [-0.4, -0.2) is 56.7 Å². The van der Waals surface area contributed by atoms with Gasteiger partial charge in [-0.1, -0.05) is 0 Å². The summed E-state index contributed by atoms with van der Waals surface area (Å²) in [4.78, 5) is 0. The van der Waals surface area contributed by atoms with Crippen molar-refractivity contribution in [3.63, 3.8) is 0 Å². The molecule has 0 unspecified atom stereocenters. The molecule has 1 aliphatic heterocycles. The largest absolute Gasteiger partial charge is 0.383 e. The van der Waals surface area contributed by atoms with Gasteiger partial charge in [-0.3, -0.25) is 5.43 Å². The van der Waals surface area contributed by atoms with Crippen molar-refractivity contribution in [2.24, 2.45) is 0 Å². The van der Waals surface area contributed by atoms with E-state index in [4.69, 9.17) is 21.7 Å². The number of thiocarbonyl (C=S) groups is 1. The molecule has 1 saturated heterocycles. The first-order chi connectivity index (χ1) is 6.83. The smallest absolute Gasteiger partial charge is 0.181 e. The predicted octanol–water partition coefficient (Wildman–Crippen LogP) is -0.656. The fraction of sp³-hybridized carbons (Fsp3) is 0.875. The van der Waals surface area contributed by atoms with Crippen LogP contribution in [0.1, 0.15) is 0 Å². The fourth-order valence-electron chi connectivity index (χ4n) is 1.12. The topological polar surface area (TPSA) is 45.8 Å². The average Bonchev–Trinajstić information content (AvgIpc) is 2.20. The second kappa shape index (κ2) is 6.94. The zero-order valence-electron chi connectivity index (χ0n) is 8.41. The van der Waals surface area contributed by atoms with E-state index >= 15 is 0 Å². The summed E-state index contributed by atoms with van der Waals surface area (Å²) in [6.07, 6.45) is 0. The summed E-state index contributed by atoms with van der Waals surface area (Å²) in [7, 11) is 1.67. The molecule has 82 valence electrons. The highest BCUT2D eigenvalue weighted by atomic mass is 32.1. The molecular weight excluding hydrogens is 202 g/mol. The number of morpholine rings is 1. The molecule has 1 aliphatic rings. The number of nitrogens with zero attached hydrogens (tertiary/aromatic N) is 1. The minimum atomic E-state index is 0.643. The van der Waals surface area contributed by atoms with Crippen LogP contribution in [0.25, 0.3) is 0 Å². The molecule has 0 aromatic carbocycles. The molecule has 0 saturated carbocycles. The molecule has 0 atom stereocenters. The highest BCUT2D eigenvalue weighted by molar-refractivity contribution is 7.80. The second-order valence-corrected chi connectivity index (χ2v) is 3.37. The van der Waals surface area contributed by atoms with Crippen LogP contribution in [0.2, 0.25) is 0 Å². The van der Waals surface area contributed by atoms with Gasteiger partial charge in [0.2, 0.25) is 0 Å². The lowest BCUT2D eigenvalue weighted by Crippen LogP contribution is -2.51. The number of methoxy groups -OCH3 is 1. The summed E-state index contributed by atoms with van der Waals surface area (Å²) in [5.41, 5.74) is 3.10. The minimum Gasteiger partial charge on any atom is -0.383 e. The van der Waals surface area contributed by atoms with Crippen LogP contribution in [-0.2, 0) is 9.47 Å². The van der Waals surface area contributed by atoms with E-state index in [1.54, 1.807) is 7.11 Å². The second-order valence-electron chi connectivity index (χ2n) is 2.96. The molecule has 5 nitrogen and oxygen atoms in total. The Morgan fingerprint density at radius 1 is 1.50 bits per heavy atom. The van der Waals surface area contributed by atoms with Gasteiger partial charge in [-0.05, 0) is 12.2 Å². The summed E-state index contributed by atoms with van der Waals surface area (Å²) in [5.74, 6) is 0. The van der Waals surface area contributed by atoms with Gasteiger partial charge < -0.3 is 14.8 Å². The Kier molecular flexibility index (Phi) is 5.77. The Hall–Kier alpha value is -0.430.